The molecule has 25 heavy (non-hydrogen) atoms. The highest BCUT2D eigenvalue weighted by molar-refractivity contribution is 7.15. The lowest BCUT2D eigenvalue weighted by Gasteiger charge is -2.03. The fourth-order valence-electron chi connectivity index (χ4n) is 2.56. The van der Waals surface area contributed by atoms with E-state index in [2.05, 4.69) is 26.0 Å². The van der Waals surface area contributed by atoms with Gasteiger partial charge in [-0.3, -0.25) is 0 Å². The lowest BCUT2D eigenvalue weighted by molar-refractivity contribution is -0.129. The van der Waals surface area contributed by atoms with Gasteiger partial charge < -0.3 is 4.74 Å². The van der Waals surface area contributed by atoms with E-state index in [1.807, 2.05) is 41.7 Å². The van der Waals surface area contributed by atoms with Crippen LogP contribution >= 0.6 is 11.3 Å². The van der Waals surface area contributed by atoms with Crippen LogP contribution in [0.5, 0.6) is 5.75 Å². The molecule has 0 spiro atoms. The van der Waals surface area contributed by atoms with Crippen molar-refractivity contribution >= 4 is 17.3 Å². The number of aryl methyl sites for hydroxylation is 1. The highest BCUT2D eigenvalue weighted by Gasteiger charge is 2.05. The molecule has 2 rings (SSSR count). The summed E-state index contributed by atoms with van der Waals surface area (Å²) in [6.07, 6.45) is 11.5. The van der Waals surface area contributed by atoms with Crippen LogP contribution in [0.25, 0.3) is 10.4 Å². The zero-order valence-electron chi connectivity index (χ0n) is 15.3. The van der Waals surface area contributed by atoms with Crippen LogP contribution in [0.15, 0.2) is 48.6 Å². The average molecular weight is 357 g/mol. The molecule has 0 unspecified atom stereocenters. The molecular formula is C22H28O2S. The van der Waals surface area contributed by atoms with Crippen LogP contribution in [-0.2, 0) is 11.2 Å². The first-order valence-corrected chi connectivity index (χ1v) is 10.1. The van der Waals surface area contributed by atoms with Gasteiger partial charge in [-0.15, -0.1) is 11.3 Å². The SMILES string of the molecule is CCCCC=CC(=O)Oc1ccc(-c2ccc(CCCCC)s2)cc1. The maximum Gasteiger partial charge on any atom is 0.335 e. The van der Waals surface area contributed by atoms with E-state index in [0.29, 0.717) is 5.75 Å². The van der Waals surface area contributed by atoms with Crippen molar-refractivity contribution < 1.29 is 9.53 Å². The molecule has 0 fully saturated rings. The molecule has 0 radical (unpaired) electrons. The van der Waals surface area contributed by atoms with E-state index in [4.69, 9.17) is 4.74 Å². The monoisotopic (exact) mass is 356 g/mol. The summed E-state index contributed by atoms with van der Waals surface area (Å²) in [4.78, 5) is 14.5. The van der Waals surface area contributed by atoms with Crippen molar-refractivity contribution in [3.8, 4) is 16.2 Å². The van der Waals surface area contributed by atoms with Gasteiger partial charge >= 0.3 is 5.97 Å². The standard InChI is InChI=1S/C22H28O2S/c1-3-5-7-9-11-22(23)24-19-14-12-18(13-15-19)21-17-16-20(25-21)10-8-6-4-2/h9,11-17H,3-8,10H2,1-2H3. The van der Waals surface area contributed by atoms with Gasteiger partial charge in [0.2, 0.25) is 0 Å². The number of benzene rings is 1. The van der Waals surface area contributed by atoms with E-state index >= 15 is 0 Å². The minimum absolute atomic E-state index is 0.307. The largest absolute Gasteiger partial charge is 0.423 e. The zero-order chi connectivity index (χ0) is 17.9. The van der Waals surface area contributed by atoms with E-state index in [1.54, 1.807) is 0 Å². The first kappa shape index (κ1) is 19.5. The second-order valence-electron chi connectivity index (χ2n) is 6.21. The summed E-state index contributed by atoms with van der Waals surface area (Å²) in [5.41, 5.74) is 1.17. The topological polar surface area (TPSA) is 26.3 Å². The number of rotatable bonds is 10. The Morgan fingerprint density at radius 2 is 1.76 bits per heavy atom. The molecule has 0 aliphatic carbocycles. The molecule has 3 heteroatoms. The zero-order valence-corrected chi connectivity index (χ0v) is 16.1. The minimum atomic E-state index is -0.307. The highest BCUT2D eigenvalue weighted by Crippen LogP contribution is 2.30. The van der Waals surface area contributed by atoms with Crippen molar-refractivity contribution in [3.63, 3.8) is 0 Å². The Kier molecular flexibility index (Phi) is 8.47. The van der Waals surface area contributed by atoms with Crippen LogP contribution in [0.4, 0.5) is 0 Å². The van der Waals surface area contributed by atoms with E-state index in [-0.39, 0.29) is 5.97 Å². The average Bonchev–Trinajstić information content (AvgIpc) is 3.09. The number of carbonyl (C=O) groups excluding carboxylic acids is 1. The molecule has 0 bridgehead atoms. The van der Waals surface area contributed by atoms with E-state index < -0.39 is 0 Å². The van der Waals surface area contributed by atoms with Crippen molar-refractivity contribution in [2.45, 2.75) is 58.8 Å². The number of ether oxygens (including phenoxy) is 1. The van der Waals surface area contributed by atoms with Gasteiger partial charge in [0.05, 0.1) is 0 Å². The lowest BCUT2D eigenvalue weighted by Crippen LogP contribution is -2.03. The predicted octanol–water partition coefficient (Wildman–Crippen LogP) is 6.80. The van der Waals surface area contributed by atoms with Gasteiger partial charge in [-0.1, -0.05) is 45.6 Å². The molecule has 0 amide bonds. The van der Waals surface area contributed by atoms with Crippen molar-refractivity contribution in [1.29, 1.82) is 0 Å². The number of hydrogen-bond donors (Lipinski definition) is 0. The Morgan fingerprint density at radius 1 is 1.00 bits per heavy atom. The molecule has 2 nitrogen and oxygen atoms in total. The van der Waals surface area contributed by atoms with Crippen molar-refractivity contribution in [2.75, 3.05) is 0 Å². The van der Waals surface area contributed by atoms with Gasteiger partial charge in [0.1, 0.15) is 5.75 Å². The fraction of sp³-hybridized carbons (Fsp3) is 0.409. The van der Waals surface area contributed by atoms with E-state index in [9.17, 15) is 4.79 Å². The third-order valence-corrected chi connectivity index (χ3v) is 5.22. The molecule has 134 valence electrons. The maximum absolute atomic E-state index is 11.8. The smallest absolute Gasteiger partial charge is 0.335 e. The Hall–Kier alpha value is -1.87. The molecule has 0 atom stereocenters. The molecule has 1 aromatic heterocycles. The summed E-state index contributed by atoms with van der Waals surface area (Å²) >= 11 is 1.85. The van der Waals surface area contributed by atoms with Crippen molar-refractivity contribution in [2.24, 2.45) is 0 Å². The molecule has 1 heterocycles. The lowest BCUT2D eigenvalue weighted by atomic mass is 10.1. The van der Waals surface area contributed by atoms with Crippen LogP contribution in [0.2, 0.25) is 0 Å². The molecule has 0 aliphatic rings. The fourth-order valence-corrected chi connectivity index (χ4v) is 3.61. The van der Waals surface area contributed by atoms with E-state index in [1.165, 1.54) is 47.1 Å². The van der Waals surface area contributed by atoms with Crippen LogP contribution in [0.3, 0.4) is 0 Å². The number of hydrogen-bond acceptors (Lipinski definition) is 3. The highest BCUT2D eigenvalue weighted by atomic mass is 32.1. The molecule has 0 saturated heterocycles. The number of thiophene rings is 1. The Balaban J connectivity index is 1.89. The molecule has 1 aromatic carbocycles. The number of carbonyl (C=O) groups is 1. The summed E-state index contributed by atoms with van der Waals surface area (Å²) in [6, 6.07) is 12.2. The Morgan fingerprint density at radius 3 is 2.48 bits per heavy atom. The van der Waals surface area contributed by atoms with Gasteiger partial charge in [0.25, 0.3) is 0 Å². The van der Waals surface area contributed by atoms with Gasteiger partial charge in [-0.05, 0) is 61.2 Å². The second kappa shape index (κ2) is 10.9. The second-order valence-corrected chi connectivity index (χ2v) is 7.38. The first-order valence-electron chi connectivity index (χ1n) is 9.30. The van der Waals surface area contributed by atoms with Crippen LogP contribution in [0, 0.1) is 0 Å². The Bertz CT molecular complexity index is 668. The quantitative estimate of drug-likeness (QED) is 0.202. The third-order valence-electron chi connectivity index (χ3n) is 4.02. The van der Waals surface area contributed by atoms with Gasteiger partial charge in [-0.2, -0.15) is 0 Å². The summed E-state index contributed by atoms with van der Waals surface area (Å²) in [5.74, 6) is 0.284. The molecule has 0 N–H and O–H groups in total. The number of allylic oxidation sites excluding steroid dienone is 1. The molecule has 0 aliphatic heterocycles. The summed E-state index contributed by atoms with van der Waals surface area (Å²) in [5, 5.41) is 0. The predicted molar refractivity (Wildman–Crippen MR) is 107 cm³/mol. The van der Waals surface area contributed by atoms with Gasteiger partial charge in [0.15, 0.2) is 0 Å². The van der Waals surface area contributed by atoms with Crippen LogP contribution < -0.4 is 4.74 Å². The summed E-state index contributed by atoms with van der Waals surface area (Å²) in [7, 11) is 0. The number of esters is 1. The van der Waals surface area contributed by atoms with Crippen molar-refractivity contribution in [1.82, 2.24) is 0 Å². The van der Waals surface area contributed by atoms with Crippen molar-refractivity contribution in [3.05, 3.63) is 53.4 Å². The Labute approximate surface area is 155 Å². The summed E-state index contributed by atoms with van der Waals surface area (Å²) in [6.45, 7) is 4.37. The van der Waals surface area contributed by atoms with Crippen LogP contribution in [-0.4, -0.2) is 5.97 Å². The minimum Gasteiger partial charge on any atom is -0.423 e. The van der Waals surface area contributed by atoms with Gasteiger partial charge in [0, 0.05) is 15.8 Å². The molecular weight excluding hydrogens is 328 g/mol. The molecule has 0 saturated carbocycles. The third kappa shape index (κ3) is 6.87. The van der Waals surface area contributed by atoms with E-state index in [0.717, 1.165) is 19.3 Å². The summed E-state index contributed by atoms with van der Waals surface area (Å²) < 4.78 is 5.33. The first-order chi connectivity index (χ1) is 12.2. The number of unbranched alkanes of at least 4 members (excludes halogenated alkanes) is 4. The normalized spacial score (nSPS) is 11.1. The van der Waals surface area contributed by atoms with Crippen LogP contribution in [0.1, 0.15) is 57.2 Å². The van der Waals surface area contributed by atoms with Gasteiger partial charge in [-0.25, -0.2) is 4.79 Å². The maximum atomic E-state index is 11.8. The molecule has 2 aromatic rings.